The van der Waals surface area contributed by atoms with Crippen molar-refractivity contribution in [3.8, 4) is 0 Å². The maximum absolute atomic E-state index is 5.64. The van der Waals surface area contributed by atoms with Gasteiger partial charge in [-0.15, -0.1) is 11.3 Å². The highest BCUT2D eigenvalue weighted by atomic mass is 32.1. The molecule has 2 unspecified atom stereocenters. The van der Waals surface area contributed by atoms with E-state index in [1.54, 1.807) is 11.3 Å². The summed E-state index contributed by atoms with van der Waals surface area (Å²) in [7, 11) is 2.16. The monoisotopic (exact) mass is 329 g/mol. The first-order valence-corrected chi connectivity index (χ1v) is 9.24. The van der Waals surface area contributed by atoms with Crippen molar-refractivity contribution in [3.05, 3.63) is 28.8 Å². The quantitative estimate of drug-likeness (QED) is 0.846. The molecule has 1 aromatic heterocycles. The molecule has 0 saturated carbocycles. The van der Waals surface area contributed by atoms with Crippen LogP contribution in [0.1, 0.15) is 36.4 Å². The fourth-order valence-corrected chi connectivity index (χ4v) is 4.37. The van der Waals surface area contributed by atoms with Crippen molar-refractivity contribution in [1.29, 1.82) is 0 Å². The number of nitrogens with zero attached hydrogens (tertiary/aromatic N) is 3. The summed E-state index contributed by atoms with van der Waals surface area (Å²) in [6, 6.07) is 6.92. The normalized spacial score (nSPS) is 26.4. The third kappa shape index (κ3) is 3.05. The molecule has 4 rings (SSSR count). The smallest absolute Gasteiger partial charge is 0.113 e. The van der Waals surface area contributed by atoms with Gasteiger partial charge in [0.05, 0.1) is 29.5 Å². The zero-order valence-electron chi connectivity index (χ0n) is 13.8. The molecule has 2 aromatic rings. The predicted molar refractivity (Wildman–Crippen MR) is 95.6 cm³/mol. The lowest BCUT2D eigenvalue weighted by atomic mass is 9.96. The summed E-state index contributed by atoms with van der Waals surface area (Å²) in [5, 5.41) is 1.17. The van der Waals surface area contributed by atoms with Gasteiger partial charge >= 0.3 is 0 Å². The minimum atomic E-state index is 0.289. The molecule has 4 nitrogen and oxygen atoms in total. The van der Waals surface area contributed by atoms with Gasteiger partial charge in [0.15, 0.2) is 0 Å². The van der Waals surface area contributed by atoms with E-state index in [2.05, 4.69) is 37.1 Å². The van der Waals surface area contributed by atoms with Crippen LogP contribution in [-0.2, 0) is 4.74 Å². The Morgan fingerprint density at radius 2 is 2.26 bits per heavy atom. The van der Waals surface area contributed by atoms with Crippen molar-refractivity contribution in [3.63, 3.8) is 0 Å². The molecule has 0 bridgehead atoms. The van der Waals surface area contributed by atoms with Crippen LogP contribution >= 0.6 is 11.3 Å². The number of fused-ring (bicyclic) bond motifs is 1. The van der Waals surface area contributed by atoms with Crippen molar-refractivity contribution in [2.75, 3.05) is 33.4 Å². The molecule has 2 aliphatic rings. The van der Waals surface area contributed by atoms with E-state index in [-0.39, 0.29) is 6.04 Å². The molecule has 3 heterocycles. The van der Waals surface area contributed by atoms with Gasteiger partial charge < -0.3 is 4.74 Å². The molecule has 2 atom stereocenters. The lowest BCUT2D eigenvalue weighted by Crippen LogP contribution is -2.36. The summed E-state index contributed by atoms with van der Waals surface area (Å²) in [6.45, 7) is 5.77. The topological polar surface area (TPSA) is 37.7 Å². The molecule has 5 heteroatoms. The maximum atomic E-state index is 5.64. The standard InChI is InChI=1S/C18H23N3OS/c1-12-3-5-14(19-10-12)13-4-6-17-15(9-13)20-18(23-17)16-11-22-8-7-21(16)2/h4,6,9,12,16H,3,5,7-8,10-11H2,1-2H3. The second kappa shape index (κ2) is 6.30. The minimum Gasteiger partial charge on any atom is -0.378 e. The molecule has 0 spiro atoms. The van der Waals surface area contributed by atoms with Crippen molar-refractivity contribution in [2.24, 2.45) is 10.9 Å². The predicted octanol–water partition coefficient (Wildman–Crippen LogP) is 3.52. The Morgan fingerprint density at radius 1 is 1.35 bits per heavy atom. The maximum Gasteiger partial charge on any atom is 0.113 e. The fourth-order valence-electron chi connectivity index (χ4n) is 3.27. The van der Waals surface area contributed by atoms with E-state index >= 15 is 0 Å². The SMILES string of the molecule is CC1CCC(c2ccc3sc(C4COCCN4C)nc3c2)=NC1. The van der Waals surface area contributed by atoms with E-state index < -0.39 is 0 Å². The molecular weight excluding hydrogens is 306 g/mol. The number of aliphatic imine (C=N–C) groups is 1. The van der Waals surface area contributed by atoms with Crippen LogP contribution in [0.4, 0.5) is 0 Å². The third-order valence-electron chi connectivity index (χ3n) is 4.89. The van der Waals surface area contributed by atoms with Crippen LogP contribution in [0.25, 0.3) is 10.2 Å². The van der Waals surface area contributed by atoms with Crippen molar-refractivity contribution in [2.45, 2.75) is 25.8 Å². The van der Waals surface area contributed by atoms with Crippen LogP contribution in [0.15, 0.2) is 23.2 Å². The van der Waals surface area contributed by atoms with Gasteiger partial charge in [0.1, 0.15) is 5.01 Å². The summed E-state index contributed by atoms with van der Waals surface area (Å²) >= 11 is 1.79. The summed E-state index contributed by atoms with van der Waals surface area (Å²) < 4.78 is 6.89. The second-order valence-electron chi connectivity index (χ2n) is 6.74. The van der Waals surface area contributed by atoms with Crippen LogP contribution in [-0.4, -0.2) is 48.9 Å². The van der Waals surface area contributed by atoms with Gasteiger partial charge in [-0.2, -0.15) is 0 Å². The minimum absolute atomic E-state index is 0.289. The average molecular weight is 329 g/mol. The van der Waals surface area contributed by atoms with Crippen LogP contribution in [0, 0.1) is 5.92 Å². The van der Waals surface area contributed by atoms with E-state index in [1.165, 1.54) is 27.4 Å². The first kappa shape index (κ1) is 15.2. The first-order valence-electron chi connectivity index (χ1n) is 8.43. The number of hydrogen-bond acceptors (Lipinski definition) is 5. The van der Waals surface area contributed by atoms with Crippen LogP contribution in [0.2, 0.25) is 0 Å². The second-order valence-corrected chi connectivity index (χ2v) is 7.80. The molecule has 122 valence electrons. The van der Waals surface area contributed by atoms with Gasteiger partial charge in [0, 0.05) is 18.8 Å². The van der Waals surface area contributed by atoms with Gasteiger partial charge in [0.2, 0.25) is 0 Å². The van der Waals surface area contributed by atoms with E-state index in [4.69, 9.17) is 14.7 Å². The Balaban J connectivity index is 1.64. The van der Waals surface area contributed by atoms with Crippen molar-refractivity contribution in [1.82, 2.24) is 9.88 Å². The number of aromatic nitrogens is 1. The number of benzene rings is 1. The molecule has 0 radical (unpaired) electrons. The van der Waals surface area contributed by atoms with Crippen molar-refractivity contribution >= 4 is 27.3 Å². The van der Waals surface area contributed by atoms with Gasteiger partial charge in [-0.3, -0.25) is 9.89 Å². The Labute approximate surface area is 141 Å². The van der Waals surface area contributed by atoms with Crippen LogP contribution in [0.3, 0.4) is 0 Å². The molecule has 1 fully saturated rings. The third-order valence-corrected chi connectivity index (χ3v) is 6.02. The number of likely N-dealkylation sites (N-methyl/N-ethyl adjacent to an activating group) is 1. The van der Waals surface area contributed by atoms with Gasteiger partial charge in [-0.05, 0) is 43.5 Å². The highest BCUT2D eigenvalue weighted by Gasteiger charge is 2.24. The summed E-state index contributed by atoms with van der Waals surface area (Å²) in [4.78, 5) is 12.0. The van der Waals surface area contributed by atoms with E-state index in [0.29, 0.717) is 0 Å². The number of hydrogen-bond donors (Lipinski definition) is 0. The summed E-state index contributed by atoms with van der Waals surface area (Å²) in [5.41, 5.74) is 3.59. The number of thiazole rings is 1. The number of ether oxygens (including phenoxy) is 1. The molecule has 1 aromatic carbocycles. The number of morpholine rings is 1. The van der Waals surface area contributed by atoms with Gasteiger partial charge in [-0.25, -0.2) is 4.98 Å². The lowest BCUT2D eigenvalue weighted by molar-refractivity contribution is 0.00506. The molecule has 23 heavy (non-hydrogen) atoms. The van der Waals surface area contributed by atoms with Gasteiger partial charge in [0.25, 0.3) is 0 Å². The Morgan fingerprint density at radius 3 is 3.04 bits per heavy atom. The Kier molecular flexibility index (Phi) is 4.18. The van der Waals surface area contributed by atoms with E-state index in [0.717, 1.165) is 44.2 Å². The summed E-state index contributed by atoms with van der Waals surface area (Å²) in [5.74, 6) is 0.718. The molecule has 1 saturated heterocycles. The Hall–Kier alpha value is -1.30. The van der Waals surface area contributed by atoms with E-state index in [1.807, 2.05) is 0 Å². The molecule has 0 amide bonds. The highest BCUT2D eigenvalue weighted by Crippen LogP contribution is 2.31. The van der Waals surface area contributed by atoms with Crippen molar-refractivity contribution < 1.29 is 4.74 Å². The molecule has 0 N–H and O–H groups in total. The lowest BCUT2D eigenvalue weighted by Gasteiger charge is -2.30. The molecular formula is C18H23N3OS. The summed E-state index contributed by atoms with van der Waals surface area (Å²) in [6.07, 6.45) is 2.33. The van der Waals surface area contributed by atoms with Gasteiger partial charge in [-0.1, -0.05) is 13.0 Å². The van der Waals surface area contributed by atoms with Crippen LogP contribution in [0.5, 0.6) is 0 Å². The first-order chi connectivity index (χ1) is 11.2. The Bertz CT molecular complexity index is 739. The largest absolute Gasteiger partial charge is 0.378 e. The highest BCUT2D eigenvalue weighted by molar-refractivity contribution is 7.18. The fraction of sp³-hybridized carbons (Fsp3) is 0.556. The zero-order chi connectivity index (χ0) is 15.8. The number of rotatable bonds is 2. The zero-order valence-corrected chi connectivity index (χ0v) is 14.6. The average Bonchev–Trinajstić information content (AvgIpc) is 2.99. The van der Waals surface area contributed by atoms with E-state index in [9.17, 15) is 0 Å². The molecule has 0 aliphatic carbocycles. The van der Waals surface area contributed by atoms with Crippen LogP contribution < -0.4 is 0 Å². The molecule has 2 aliphatic heterocycles.